The highest BCUT2D eigenvalue weighted by Crippen LogP contribution is 2.09. The highest BCUT2D eigenvalue weighted by molar-refractivity contribution is 5.90. The molecular weight excluding hydrogens is 250 g/mol. The maximum atomic E-state index is 11.8. The Morgan fingerprint density at radius 1 is 1.53 bits per heavy atom. The molecule has 7 nitrogen and oxygen atoms in total. The number of aromatic nitrogens is 1. The molecule has 19 heavy (non-hydrogen) atoms. The van der Waals surface area contributed by atoms with Crippen molar-refractivity contribution in [2.45, 2.75) is 19.0 Å². The first-order valence-corrected chi connectivity index (χ1v) is 5.92. The second kappa shape index (κ2) is 5.13. The van der Waals surface area contributed by atoms with Crippen molar-refractivity contribution < 1.29 is 19.5 Å². The summed E-state index contributed by atoms with van der Waals surface area (Å²) in [6, 6.07) is 2.48. The zero-order valence-electron chi connectivity index (χ0n) is 10.5. The molecule has 102 valence electrons. The fourth-order valence-electron chi connectivity index (χ4n) is 2.10. The molecule has 1 fully saturated rings. The lowest BCUT2D eigenvalue weighted by Gasteiger charge is -2.13. The van der Waals surface area contributed by atoms with E-state index in [9.17, 15) is 14.4 Å². The molecule has 2 amide bonds. The standard InChI is InChI=1S/C12H15N3O4/c1-14-6-4-8(11(14)17)13-10(16)7-15-5-2-3-9(15)12(18)19/h2-3,5,8H,4,6-7H2,1H3,(H,13,16)(H,18,19). The van der Waals surface area contributed by atoms with Gasteiger partial charge in [-0.3, -0.25) is 9.59 Å². The van der Waals surface area contributed by atoms with E-state index >= 15 is 0 Å². The molecule has 0 spiro atoms. The number of amides is 2. The number of carboxylic acids is 1. The lowest BCUT2D eigenvalue weighted by Crippen LogP contribution is -2.42. The lowest BCUT2D eigenvalue weighted by molar-refractivity contribution is -0.132. The zero-order valence-corrected chi connectivity index (χ0v) is 10.5. The van der Waals surface area contributed by atoms with Gasteiger partial charge < -0.3 is 19.9 Å². The summed E-state index contributed by atoms with van der Waals surface area (Å²) >= 11 is 0. The first kappa shape index (κ1) is 13.1. The molecule has 0 saturated carbocycles. The van der Waals surface area contributed by atoms with E-state index in [2.05, 4.69) is 5.32 Å². The van der Waals surface area contributed by atoms with Crippen molar-refractivity contribution in [2.75, 3.05) is 13.6 Å². The molecule has 1 aliphatic rings. The Morgan fingerprint density at radius 2 is 2.26 bits per heavy atom. The predicted molar refractivity (Wildman–Crippen MR) is 65.6 cm³/mol. The van der Waals surface area contributed by atoms with Gasteiger partial charge in [-0.25, -0.2) is 4.79 Å². The Kier molecular flexibility index (Phi) is 3.55. The summed E-state index contributed by atoms with van der Waals surface area (Å²) in [4.78, 5) is 35.9. The Hall–Kier alpha value is -2.31. The first-order valence-electron chi connectivity index (χ1n) is 5.92. The summed E-state index contributed by atoms with van der Waals surface area (Å²) in [5, 5.41) is 11.5. The number of nitrogens with one attached hydrogen (secondary N) is 1. The van der Waals surface area contributed by atoms with Gasteiger partial charge in [0.05, 0.1) is 0 Å². The highest BCUT2D eigenvalue weighted by Gasteiger charge is 2.30. The smallest absolute Gasteiger partial charge is 0.352 e. The Bertz CT molecular complexity index is 523. The van der Waals surface area contributed by atoms with Crippen LogP contribution < -0.4 is 5.32 Å². The maximum absolute atomic E-state index is 11.8. The Labute approximate surface area is 109 Å². The van der Waals surface area contributed by atoms with Crippen LogP contribution in [-0.4, -0.2) is 52.0 Å². The van der Waals surface area contributed by atoms with Gasteiger partial charge in [0, 0.05) is 19.8 Å². The van der Waals surface area contributed by atoms with Crippen LogP contribution in [0.5, 0.6) is 0 Å². The van der Waals surface area contributed by atoms with Crippen LogP contribution in [0.2, 0.25) is 0 Å². The molecule has 1 saturated heterocycles. The van der Waals surface area contributed by atoms with Gasteiger partial charge in [-0.05, 0) is 18.6 Å². The van der Waals surface area contributed by atoms with Gasteiger partial charge in [-0.15, -0.1) is 0 Å². The van der Waals surface area contributed by atoms with Crippen molar-refractivity contribution in [3.8, 4) is 0 Å². The number of hydrogen-bond acceptors (Lipinski definition) is 3. The number of nitrogens with zero attached hydrogens (tertiary/aromatic N) is 2. The van der Waals surface area contributed by atoms with E-state index in [-0.39, 0.29) is 24.1 Å². The van der Waals surface area contributed by atoms with E-state index in [0.29, 0.717) is 13.0 Å². The minimum Gasteiger partial charge on any atom is -0.477 e. The second-order valence-corrected chi connectivity index (χ2v) is 4.50. The number of carbonyl (C=O) groups excluding carboxylic acids is 2. The third kappa shape index (κ3) is 2.75. The molecule has 0 aromatic carbocycles. The first-order chi connectivity index (χ1) is 8.99. The molecule has 2 heterocycles. The van der Waals surface area contributed by atoms with Crippen molar-refractivity contribution in [2.24, 2.45) is 0 Å². The van der Waals surface area contributed by atoms with Crippen molar-refractivity contribution in [1.82, 2.24) is 14.8 Å². The molecule has 1 aliphatic heterocycles. The minimum absolute atomic E-state index is 0.0463. The normalized spacial score (nSPS) is 18.7. The van der Waals surface area contributed by atoms with E-state index in [0.717, 1.165) is 0 Å². The fraction of sp³-hybridized carbons (Fsp3) is 0.417. The van der Waals surface area contributed by atoms with Crippen LogP contribution in [-0.2, 0) is 16.1 Å². The average molecular weight is 265 g/mol. The fourth-order valence-corrected chi connectivity index (χ4v) is 2.10. The van der Waals surface area contributed by atoms with Gasteiger partial charge in [0.2, 0.25) is 11.8 Å². The second-order valence-electron chi connectivity index (χ2n) is 4.50. The molecule has 1 aromatic heterocycles. The molecule has 1 aromatic rings. The summed E-state index contributed by atoms with van der Waals surface area (Å²) in [5.41, 5.74) is 0.0463. The Morgan fingerprint density at radius 3 is 2.84 bits per heavy atom. The molecule has 0 bridgehead atoms. The molecular formula is C12H15N3O4. The zero-order chi connectivity index (χ0) is 14.0. The van der Waals surface area contributed by atoms with Crippen LogP contribution in [0.1, 0.15) is 16.9 Å². The Balaban J connectivity index is 1.96. The molecule has 2 N–H and O–H groups in total. The SMILES string of the molecule is CN1CCC(NC(=O)Cn2cccc2C(=O)O)C1=O. The number of carboxylic acid groups (broad SMARTS) is 1. The maximum Gasteiger partial charge on any atom is 0.352 e. The van der Waals surface area contributed by atoms with E-state index < -0.39 is 12.0 Å². The summed E-state index contributed by atoms with van der Waals surface area (Å²) in [7, 11) is 1.68. The van der Waals surface area contributed by atoms with Crippen LogP contribution in [0.15, 0.2) is 18.3 Å². The third-order valence-electron chi connectivity index (χ3n) is 3.13. The van der Waals surface area contributed by atoms with Gasteiger partial charge in [0.15, 0.2) is 0 Å². The topological polar surface area (TPSA) is 91.6 Å². The van der Waals surface area contributed by atoms with Crippen LogP contribution in [0, 0.1) is 0 Å². The van der Waals surface area contributed by atoms with Gasteiger partial charge in [0.1, 0.15) is 18.3 Å². The molecule has 7 heteroatoms. The number of likely N-dealkylation sites (N-methyl/N-ethyl adjacent to an activating group) is 1. The number of aromatic carboxylic acids is 1. The predicted octanol–water partition coefficient (Wildman–Crippen LogP) is -0.467. The van der Waals surface area contributed by atoms with Crippen molar-refractivity contribution >= 4 is 17.8 Å². The van der Waals surface area contributed by atoms with Crippen LogP contribution in [0.4, 0.5) is 0 Å². The van der Waals surface area contributed by atoms with E-state index in [4.69, 9.17) is 5.11 Å². The summed E-state index contributed by atoms with van der Waals surface area (Å²) < 4.78 is 1.33. The monoisotopic (exact) mass is 265 g/mol. The molecule has 1 unspecified atom stereocenters. The van der Waals surface area contributed by atoms with Gasteiger partial charge >= 0.3 is 5.97 Å². The molecule has 1 atom stereocenters. The minimum atomic E-state index is -1.09. The van der Waals surface area contributed by atoms with Gasteiger partial charge in [0.25, 0.3) is 0 Å². The van der Waals surface area contributed by atoms with Crippen LogP contribution in [0.3, 0.4) is 0 Å². The summed E-state index contributed by atoms with van der Waals surface area (Å²) in [6.07, 6.45) is 2.10. The third-order valence-corrected chi connectivity index (χ3v) is 3.13. The van der Waals surface area contributed by atoms with Gasteiger partial charge in [-0.2, -0.15) is 0 Å². The van der Waals surface area contributed by atoms with E-state index in [1.165, 1.54) is 16.8 Å². The van der Waals surface area contributed by atoms with Gasteiger partial charge in [-0.1, -0.05) is 0 Å². The molecule has 2 rings (SSSR count). The van der Waals surface area contributed by atoms with E-state index in [1.54, 1.807) is 18.0 Å². The number of rotatable bonds is 4. The van der Waals surface area contributed by atoms with Crippen molar-refractivity contribution in [3.63, 3.8) is 0 Å². The summed E-state index contributed by atoms with van der Waals surface area (Å²) in [5.74, 6) is -1.57. The largest absolute Gasteiger partial charge is 0.477 e. The van der Waals surface area contributed by atoms with Crippen LogP contribution >= 0.6 is 0 Å². The highest BCUT2D eigenvalue weighted by atomic mass is 16.4. The quantitative estimate of drug-likeness (QED) is 0.770. The van der Waals surface area contributed by atoms with Crippen molar-refractivity contribution in [1.29, 1.82) is 0 Å². The van der Waals surface area contributed by atoms with E-state index in [1.807, 2.05) is 0 Å². The molecule has 0 aliphatic carbocycles. The molecule has 0 radical (unpaired) electrons. The van der Waals surface area contributed by atoms with Crippen molar-refractivity contribution in [3.05, 3.63) is 24.0 Å². The lowest BCUT2D eigenvalue weighted by atomic mass is 10.2. The number of hydrogen-bond donors (Lipinski definition) is 2. The number of carbonyl (C=O) groups is 3. The average Bonchev–Trinajstić information content (AvgIpc) is 2.91. The summed E-state index contributed by atoms with van der Waals surface area (Å²) in [6.45, 7) is 0.510. The van der Waals surface area contributed by atoms with Crippen LogP contribution in [0.25, 0.3) is 0 Å². The number of likely N-dealkylation sites (tertiary alicyclic amines) is 1.